The number of benzene rings is 3. The fourth-order valence-corrected chi connectivity index (χ4v) is 4.18. The lowest BCUT2D eigenvalue weighted by molar-refractivity contribution is -0.115. The maximum atomic E-state index is 12.6. The minimum atomic E-state index is -3.80. The van der Waals surface area contributed by atoms with Gasteiger partial charge in [0.25, 0.3) is 15.9 Å². The predicted molar refractivity (Wildman–Crippen MR) is 126 cm³/mol. The standard InChI is InChI=1S/C23H22ClN3O4S/c1-15-6-3-4-8-20(15)27-32(30,31)18-12-10-17(11-13-18)23(29)25-14-22(28)26-21-9-5-7-19(24)16(21)2/h3-13,27H,14H2,1-2H3,(H,25,29)(H,26,28). The van der Waals surface area contributed by atoms with Crippen LogP contribution in [0.1, 0.15) is 21.5 Å². The average Bonchev–Trinajstić information content (AvgIpc) is 2.77. The number of carbonyl (C=O) groups is 2. The van der Waals surface area contributed by atoms with Gasteiger partial charge in [0.05, 0.1) is 17.1 Å². The molecule has 3 aromatic rings. The Bertz CT molecular complexity index is 1260. The van der Waals surface area contributed by atoms with Crippen LogP contribution in [0.15, 0.2) is 71.6 Å². The molecular formula is C23H22ClN3O4S. The normalized spacial score (nSPS) is 11.0. The second-order valence-electron chi connectivity index (χ2n) is 7.09. The number of nitrogens with one attached hydrogen (secondary N) is 3. The topological polar surface area (TPSA) is 104 Å². The molecule has 0 aliphatic carbocycles. The van der Waals surface area contributed by atoms with Crippen LogP contribution >= 0.6 is 11.6 Å². The highest BCUT2D eigenvalue weighted by Gasteiger charge is 2.16. The van der Waals surface area contributed by atoms with E-state index < -0.39 is 21.8 Å². The number of para-hydroxylation sites is 1. The molecule has 0 aromatic heterocycles. The molecule has 0 heterocycles. The lowest BCUT2D eigenvalue weighted by Gasteiger charge is -2.11. The zero-order valence-corrected chi connectivity index (χ0v) is 19.0. The van der Waals surface area contributed by atoms with Crippen LogP contribution in [0.4, 0.5) is 11.4 Å². The van der Waals surface area contributed by atoms with Crippen molar-refractivity contribution in [3.05, 3.63) is 88.4 Å². The molecule has 0 spiro atoms. The molecule has 0 unspecified atom stereocenters. The summed E-state index contributed by atoms with van der Waals surface area (Å²) >= 11 is 6.03. The maximum absolute atomic E-state index is 12.6. The molecule has 0 radical (unpaired) electrons. The van der Waals surface area contributed by atoms with Gasteiger partial charge in [0.15, 0.2) is 0 Å². The van der Waals surface area contributed by atoms with Gasteiger partial charge in [-0.2, -0.15) is 0 Å². The van der Waals surface area contributed by atoms with Crippen molar-refractivity contribution in [3.8, 4) is 0 Å². The van der Waals surface area contributed by atoms with Crippen molar-refractivity contribution in [2.45, 2.75) is 18.7 Å². The van der Waals surface area contributed by atoms with E-state index in [1.165, 1.54) is 24.3 Å². The van der Waals surface area contributed by atoms with Crippen LogP contribution in [-0.2, 0) is 14.8 Å². The van der Waals surface area contributed by atoms with E-state index in [1.54, 1.807) is 50.2 Å². The Hall–Kier alpha value is -3.36. The summed E-state index contributed by atoms with van der Waals surface area (Å²) in [6.45, 7) is 3.33. The van der Waals surface area contributed by atoms with Gasteiger partial charge in [0.2, 0.25) is 5.91 Å². The number of carbonyl (C=O) groups excluding carboxylic acids is 2. The highest BCUT2D eigenvalue weighted by molar-refractivity contribution is 7.92. The van der Waals surface area contributed by atoms with Gasteiger partial charge in [0.1, 0.15) is 0 Å². The third kappa shape index (κ3) is 5.66. The summed E-state index contributed by atoms with van der Waals surface area (Å²) in [5.41, 5.74) is 2.79. The number of hydrogen-bond donors (Lipinski definition) is 3. The van der Waals surface area contributed by atoms with Crippen molar-refractivity contribution in [3.63, 3.8) is 0 Å². The number of aryl methyl sites for hydroxylation is 1. The molecule has 32 heavy (non-hydrogen) atoms. The summed E-state index contributed by atoms with van der Waals surface area (Å²) in [6.07, 6.45) is 0. The van der Waals surface area contributed by atoms with Crippen LogP contribution in [-0.4, -0.2) is 26.8 Å². The zero-order chi connectivity index (χ0) is 23.3. The van der Waals surface area contributed by atoms with Crippen LogP contribution < -0.4 is 15.4 Å². The summed E-state index contributed by atoms with van der Waals surface area (Å²) < 4.78 is 27.7. The van der Waals surface area contributed by atoms with Crippen molar-refractivity contribution >= 4 is 44.8 Å². The second-order valence-corrected chi connectivity index (χ2v) is 9.18. The number of rotatable bonds is 7. The zero-order valence-electron chi connectivity index (χ0n) is 17.5. The Balaban J connectivity index is 1.60. The van der Waals surface area contributed by atoms with Gasteiger partial charge >= 0.3 is 0 Å². The maximum Gasteiger partial charge on any atom is 0.261 e. The molecule has 0 bridgehead atoms. The van der Waals surface area contributed by atoms with Gasteiger partial charge in [-0.15, -0.1) is 0 Å². The quantitative estimate of drug-likeness (QED) is 0.482. The smallest absolute Gasteiger partial charge is 0.261 e. The number of sulfonamides is 1. The van der Waals surface area contributed by atoms with Crippen molar-refractivity contribution in [2.75, 3.05) is 16.6 Å². The summed E-state index contributed by atoms with van der Waals surface area (Å²) in [6, 6.07) is 17.6. The van der Waals surface area contributed by atoms with Gasteiger partial charge < -0.3 is 10.6 Å². The highest BCUT2D eigenvalue weighted by Crippen LogP contribution is 2.23. The molecule has 3 N–H and O–H groups in total. The molecule has 0 aliphatic heterocycles. The predicted octanol–water partition coefficient (Wildman–Crippen LogP) is 4.13. The van der Waals surface area contributed by atoms with Crippen LogP contribution in [0.25, 0.3) is 0 Å². The first-order valence-electron chi connectivity index (χ1n) is 9.69. The molecule has 3 rings (SSSR count). The fraction of sp³-hybridized carbons (Fsp3) is 0.130. The summed E-state index contributed by atoms with van der Waals surface area (Å²) in [5.74, 6) is -0.913. The van der Waals surface area contributed by atoms with Gasteiger partial charge in [-0.25, -0.2) is 8.42 Å². The van der Waals surface area contributed by atoms with Crippen LogP contribution in [0.5, 0.6) is 0 Å². The highest BCUT2D eigenvalue weighted by atomic mass is 35.5. The molecule has 7 nitrogen and oxygen atoms in total. The van der Waals surface area contributed by atoms with E-state index in [9.17, 15) is 18.0 Å². The van der Waals surface area contributed by atoms with E-state index in [2.05, 4.69) is 15.4 Å². The Labute approximate surface area is 191 Å². The van der Waals surface area contributed by atoms with E-state index in [4.69, 9.17) is 11.6 Å². The van der Waals surface area contributed by atoms with Gasteiger partial charge in [0, 0.05) is 16.3 Å². The molecule has 3 aromatic carbocycles. The third-order valence-corrected chi connectivity index (χ3v) is 6.56. The minimum absolute atomic E-state index is 0.0199. The van der Waals surface area contributed by atoms with E-state index in [1.807, 2.05) is 6.07 Å². The second kappa shape index (κ2) is 9.84. The lowest BCUT2D eigenvalue weighted by atomic mass is 10.2. The van der Waals surface area contributed by atoms with Gasteiger partial charge in [-0.3, -0.25) is 14.3 Å². The summed E-state index contributed by atoms with van der Waals surface area (Å²) in [5, 5.41) is 5.73. The molecule has 166 valence electrons. The molecule has 0 atom stereocenters. The Morgan fingerprint density at radius 1 is 0.875 bits per heavy atom. The molecule has 0 fully saturated rings. The Kier molecular flexibility index (Phi) is 7.17. The summed E-state index contributed by atoms with van der Waals surface area (Å²) in [4.78, 5) is 24.5. The minimum Gasteiger partial charge on any atom is -0.343 e. The van der Waals surface area contributed by atoms with E-state index in [-0.39, 0.29) is 17.0 Å². The third-order valence-electron chi connectivity index (χ3n) is 4.77. The van der Waals surface area contributed by atoms with Crippen molar-refractivity contribution in [1.82, 2.24) is 5.32 Å². The lowest BCUT2D eigenvalue weighted by Crippen LogP contribution is -2.33. The monoisotopic (exact) mass is 471 g/mol. The van der Waals surface area contributed by atoms with Gasteiger partial charge in [-0.1, -0.05) is 35.9 Å². The molecule has 0 aliphatic rings. The summed E-state index contributed by atoms with van der Waals surface area (Å²) in [7, 11) is -3.80. The van der Waals surface area contributed by atoms with Gasteiger partial charge in [-0.05, 0) is 67.4 Å². The van der Waals surface area contributed by atoms with E-state index >= 15 is 0 Å². The Morgan fingerprint density at radius 2 is 1.53 bits per heavy atom. The van der Waals surface area contributed by atoms with Crippen molar-refractivity contribution in [2.24, 2.45) is 0 Å². The van der Waals surface area contributed by atoms with Crippen molar-refractivity contribution in [1.29, 1.82) is 0 Å². The average molecular weight is 472 g/mol. The SMILES string of the molecule is Cc1ccccc1NS(=O)(=O)c1ccc(C(=O)NCC(=O)Nc2cccc(Cl)c2C)cc1. The Morgan fingerprint density at radius 3 is 2.22 bits per heavy atom. The van der Waals surface area contributed by atoms with Crippen molar-refractivity contribution < 1.29 is 18.0 Å². The van der Waals surface area contributed by atoms with E-state index in [0.717, 1.165) is 11.1 Å². The molecular weight excluding hydrogens is 450 g/mol. The molecule has 0 saturated heterocycles. The van der Waals surface area contributed by atoms with Crippen LogP contribution in [0.3, 0.4) is 0 Å². The van der Waals surface area contributed by atoms with E-state index in [0.29, 0.717) is 16.4 Å². The van der Waals surface area contributed by atoms with Crippen LogP contribution in [0, 0.1) is 13.8 Å². The number of amides is 2. The van der Waals surface area contributed by atoms with Crippen LogP contribution in [0.2, 0.25) is 5.02 Å². The first-order chi connectivity index (χ1) is 15.2. The number of halogens is 1. The number of anilines is 2. The molecule has 2 amide bonds. The molecule has 0 saturated carbocycles. The first-order valence-corrected chi connectivity index (χ1v) is 11.5. The largest absolute Gasteiger partial charge is 0.343 e. The number of hydrogen-bond acceptors (Lipinski definition) is 4. The molecule has 9 heteroatoms. The fourth-order valence-electron chi connectivity index (χ4n) is 2.88. The first kappa shape index (κ1) is 23.3.